The van der Waals surface area contributed by atoms with E-state index in [0.29, 0.717) is 22.2 Å². The van der Waals surface area contributed by atoms with Crippen molar-refractivity contribution in [2.45, 2.75) is 26.8 Å². The Balaban J connectivity index is 1.67. The molecule has 0 spiro atoms. The first-order chi connectivity index (χ1) is 14.7. The topological polar surface area (TPSA) is 105 Å². The third-order valence-electron chi connectivity index (χ3n) is 4.62. The lowest BCUT2D eigenvalue weighted by Gasteiger charge is -2.16. The van der Waals surface area contributed by atoms with Gasteiger partial charge in [-0.1, -0.05) is 11.6 Å². The van der Waals surface area contributed by atoms with Gasteiger partial charge in [-0.15, -0.1) is 10.2 Å². The van der Waals surface area contributed by atoms with Crippen molar-refractivity contribution in [3.63, 3.8) is 0 Å². The minimum atomic E-state index is -0.507. The lowest BCUT2D eigenvalue weighted by Crippen LogP contribution is -2.25. The molecule has 10 heteroatoms. The molecule has 9 nitrogen and oxygen atoms in total. The Bertz CT molecular complexity index is 1110. The Morgan fingerprint density at radius 2 is 1.81 bits per heavy atom. The van der Waals surface area contributed by atoms with Crippen LogP contribution in [0.15, 0.2) is 36.4 Å². The van der Waals surface area contributed by atoms with Gasteiger partial charge in [0, 0.05) is 25.5 Å². The molecule has 1 atom stereocenters. The normalized spacial score (nSPS) is 11.7. The van der Waals surface area contributed by atoms with Gasteiger partial charge >= 0.3 is 0 Å². The van der Waals surface area contributed by atoms with Crippen LogP contribution in [0.5, 0.6) is 0 Å². The predicted molar refractivity (Wildman–Crippen MR) is 121 cm³/mol. The number of benzene rings is 1. The molecule has 0 saturated heterocycles. The lowest BCUT2D eigenvalue weighted by molar-refractivity contribution is -0.119. The Labute approximate surface area is 185 Å². The van der Waals surface area contributed by atoms with Crippen molar-refractivity contribution < 1.29 is 9.59 Å². The molecule has 0 saturated carbocycles. The van der Waals surface area contributed by atoms with Crippen LogP contribution in [0.4, 0.5) is 17.2 Å². The molecule has 0 aliphatic rings. The molecule has 31 heavy (non-hydrogen) atoms. The highest BCUT2D eigenvalue weighted by atomic mass is 35.5. The summed E-state index contributed by atoms with van der Waals surface area (Å²) in [5.41, 5.74) is 2.83. The summed E-state index contributed by atoms with van der Waals surface area (Å²) >= 11 is 6.32. The van der Waals surface area contributed by atoms with E-state index in [-0.39, 0.29) is 11.6 Å². The average Bonchev–Trinajstić information content (AvgIpc) is 3.07. The highest BCUT2D eigenvalue weighted by molar-refractivity contribution is 6.34. The molecule has 0 fully saturated rings. The highest BCUT2D eigenvalue weighted by Crippen LogP contribution is 2.27. The summed E-state index contributed by atoms with van der Waals surface area (Å²) in [5.74, 6) is -0.0145. The summed E-state index contributed by atoms with van der Waals surface area (Å²) in [4.78, 5) is 26.8. The van der Waals surface area contributed by atoms with Gasteiger partial charge in [0.15, 0.2) is 11.5 Å². The fraction of sp³-hybridized carbons (Fsp3) is 0.286. The Hall–Kier alpha value is -3.46. The van der Waals surface area contributed by atoms with Gasteiger partial charge in [0.1, 0.15) is 6.04 Å². The van der Waals surface area contributed by atoms with Gasteiger partial charge in [-0.3, -0.25) is 14.3 Å². The summed E-state index contributed by atoms with van der Waals surface area (Å²) in [5, 5.41) is 18.1. The van der Waals surface area contributed by atoms with Crippen LogP contribution in [-0.4, -0.2) is 45.9 Å². The van der Waals surface area contributed by atoms with Gasteiger partial charge in [-0.2, -0.15) is 5.10 Å². The van der Waals surface area contributed by atoms with Gasteiger partial charge in [0.25, 0.3) is 5.91 Å². The van der Waals surface area contributed by atoms with E-state index in [1.165, 1.54) is 0 Å². The van der Waals surface area contributed by atoms with Crippen molar-refractivity contribution in [3.8, 4) is 0 Å². The molecule has 2 N–H and O–H groups in total. The number of amides is 2. The van der Waals surface area contributed by atoms with E-state index in [1.54, 1.807) is 46.8 Å². The van der Waals surface area contributed by atoms with Crippen LogP contribution < -0.4 is 15.5 Å². The number of hydrogen-bond donors (Lipinski definition) is 2. The third-order valence-corrected chi connectivity index (χ3v) is 4.93. The zero-order valence-electron chi connectivity index (χ0n) is 18.0. The Morgan fingerprint density at radius 1 is 1.06 bits per heavy atom. The molecule has 2 amide bonds. The molecule has 1 aromatic carbocycles. The molecule has 2 aromatic heterocycles. The number of aryl methyl sites for hydroxylation is 2. The molecule has 0 aliphatic heterocycles. The van der Waals surface area contributed by atoms with Gasteiger partial charge in [0.2, 0.25) is 5.91 Å². The van der Waals surface area contributed by atoms with E-state index in [1.807, 2.05) is 34.0 Å². The second-order valence-electron chi connectivity index (χ2n) is 7.36. The molecular weight excluding hydrogens is 418 g/mol. The molecule has 3 rings (SSSR count). The van der Waals surface area contributed by atoms with E-state index in [0.717, 1.165) is 11.4 Å². The molecular formula is C21H24ClN7O2. The number of anilines is 3. The largest absolute Gasteiger partial charge is 0.361 e. The van der Waals surface area contributed by atoms with E-state index in [4.69, 9.17) is 11.6 Å². The lowest BCUT2D eigenvalue weighted by atomic mass is 10.2. The molecule has 0 radical (unpaired) electrons. The molecule has 0 aliphatic carbocycles. The monoisotopic (exact) mass is 441 g/mol. The Morgan fingerprint density at radius 3 is 2.35 bits per heavy atom. The van der Waals surface area contributed by atoms with Crippen LogP contribution in [0.1, 0.15) is 34.8 Å². The quantitative estimate of drug-likeness (QED) is 0.606. The molecule has 1 unspecified atom stereocenters. The van der Waals surface area contributed by atoms with Crippen molar-refractivity contribution in [3.05, 3.63) is 58.5 Å². The minimum absolute atomic E-state index is 0.179. The first kappa shape index (κ1) is 22.2. The van der Waals surface area contributed by atoms with Crippen LogP contribution in [0.25, 0.3) is 0 Å². The maximum atomic E-state index is 12.6. The fourth-order valence-electron chi connectivity index (χ4n) is 2.96. The summed E-state index contributed by atoms with van der Waals surface area (Å²) in [6.45, 7) is 5.53. The Kier molecular flexibility index (Phi) is 6.55. The number of nitrogens with one attached hydrogen (secondary N) is 2. The fourth-order valence-corrected chi connectivity index (χ4v) is 3.19. The number of carbonyl (C=O) groups is 2. The predicted octanol–water partition coefficient (Wildman–Crippen LogP) is 3.46. The summed E-state index contributed by atoms with van der Waals surface area (Å²) in [6, 6.07) is 9.54. The van der Waals surface area contributed by atoms with Crippen molar-refractivity contribution in [1.82, 2.24) is 20.0 Å². The van der Waals surface area contributed by atoms with Gasteiger partial charge < -0.3 is 15.5 Å². The summed E-state index contributed by atoms with van der Waals surface area (Å²) < 4.78 is 1.66. The van der Waals surface area contributed by atoms with Crippen LogP contribution >= 0.6 is 11.6 Å². The second kappa shape index (κ2) is 9.13. The summed E-state index contributed by atoms with van der Waals surface area (Å²) in [6.07, 6.45) is 0. The second-order valence-corrected chi connectivity index (χ2v) is 7.76. The van der Waals surface area contributed by atoms with Gasteiger partial charge in [0.05, 0.1) is 16.4 Å². The van der Waals surface area contributed by atoms with Crippen molar-refractivity contribution in [2.24, 2.45) is 0 Å². The zero-order chi connectivity index (χ0) is 22.7. The van der Waals surface area contributed by atoms with Crippen LogP contribution in [0.2, 0.25) is 5.02 Å². The number of rotatable bonds is 6. The SMILES string of the molecule is Cc1cc(C)n(C(C)C(=O)Nc2ccc(NC(=O)c3ccc(N(C)C)nn3)cc2Cl)n1. The number of halogens is 1. The van der Waals surface area contributed by atoms with Gasteiger partial charge in [-0.05, 0) is 57.2 Å². The smallest absolute Gasteiger partial charge is 0.276 e. The van der Waals surface area contributed by atoms with E-state index >= 15 is 0 Å². The zero-order valence-corrected chi connectivity index (χ0v) is 18.7. The van der Waals surface area contributed by atoms with E-state index in [2.05, 4.69) is 25.9 Å². The first-order valence-corrected chi connectivity index (χ1v) is 9.99. The maximum absolute atomic E-state index is 12.6. The average molecular weight is 442 g/mol. The standard InChI is InChI=1S/C21H24ClN7O2/c1-12-10-13(2)29(27-12)14(3)20(30)24-17-7-6-15(11-16(17)22)23-21(31)18-8-9-19(26-25-18)28(4)5/h6-11,14H,1-5H3,(H,23,31)(H,24,30). The van der Waals surface area contributed by atoms with Crippen LogP contribution in [0, 0.1) is 13.8 Å². The highest BCUT2D eigenvalue weighted by Gasteiger charge is 2.19. The molecule has 2 heterocycles. The number of nitrogens with zero attached hydrogens (tertiary/aromatic N) is 5. The van der Waals surface area contributed by atoms with Crippen molar-refractivity contribution in [1.29, 1.82) is 0 Å². The van der Waals surface area contributed by atoms with E-state index in [9.17, 15) is 9.59 Å². The molecule has 162 valence electrons. The van der Waals surface area contributed by atoms with Crippen molar-refractivity contribution >= 4 is 40.6 Å². The van der Waals surface area contributed by atoms with Crippen LogP contribution in [0.3, 0.4) is 0 Å². The molecule has 0 bridgehead atoms. The van der Waals surface area contributed by atoms with Crippen molar-refractivity contribution in [2.75, 3.05) is 29.6 Å². The minimum Gasteiger partial charge on any atom is -0.361 e. The van der Waals surface area contributed by atoms with E-state index < -0.39 is 11.9 Å². The first-order valence-electron chi connectivity index (χ1n) is 9.61. The number of hydrogen-bond acceptors (Lipinski definition) is 6. The maximum Gasteiger partial charge on any atom is 0.276 e. The number of carbonyl (C=O) groups excluding carboxylic acids is 2. The molecule has 3 aromatic rings. The number of aromatic nitrogens is 4. The van der Waals surface area contributed by atoms with Crippen LogP contribution in [-0.2, 0) is 4.79 Å². The van der Waals surface area contributed by atoms with Gasteiger partial charge in [-0.25, -0.2) is 0 Å². The third kappa shape index (κ3) is 5.18. The summed E-state index contributed by atoms with van der Waals surface area (Å²) in [7, 11) is 3.67.